The third kappa shape index (κ3) is 6.33. The van der Waals surface area contributed by atoms with E-state index in [1.807, 2.05) is 6.07 Å². The highest BCUT2D eigenvalue weighted by atomic mass is 35.5. The third-order valence-electron chi connectivity index (χ3n) is 4.79. The van der Waals surface area contributed by atoms with Crippen LogP contribution in [0.1, 0.15) is 15.9 Å². The van der Waals surface area contributed by atoms with Gasteiger partial charge in [-0.1, -0.05) is 29.8 Å². The number of hydrogen-bond acceptors (Lipinski definition) is 5. The zero-order valence-electron chi connectivity index (χ0n) is 19.0. The van der Waals surface area contributed by atoms with Crippen LogP contribution in [0.4, 0.5) is 0 Å². The van der Waals surface area contributed by atoms with Gasteiger partial charge in [0.15, 0.2) is 0 Å². The van der Waals surface area contributed by atoms with Gasteiger partial charge in [0.2, 0.25) is 0 Å². The van der Waals surface area contributed by atoms with Gasteiger partial charge in [-0.05, 0) is 48.4 Å². The van der Waals surface area contributed by atoms with Gasteiger partial charge in [-0.3, -0.25) is 9.78 Å². The minimum atomic E-state index is -3.99. The molecule has 8 nitrogen and oxygen atoms in total. The van der Waals surface area contributed by atoms with Crippen molar-refractivity contribution in [2.45, 2.75) is 11.3 Å². The van der Waals surface area contributed by atoms with Gasteiger partial charge >= 0.3 is 0 Å². The Morgan fingerprint density at radius 3 is 2.65 bits per heavy atom. The number of sulfonamides is 1. The number of rotatable bonds is 9. The zero-order valence-corrected chi connectivity index (χ0v) is 20.6. The summed E-state index contributed by atoms with van der Waals surface area (Å²) in [6.07, 6.45) is 3.24. The van der Waals surface area contributed by atoms with Crippen molar-refractivity contribution in [3.63, 3.8) is 0 Å². The summed E-state index contributed by atoms with van der Waals surface area (Å²) < 4.78 is 35.0. The first-order chi connectivity index (χ1) is 16.2. The molecule has 0 radical (unpaired) electrons. The Balaban J connectivity index is 1.85. The van der Waals surface area contributed by atoms with E-state index in [2.05, 4.69) is 14.7 Å². The van der Waals surface area contributed by atoms with E-state index in [0.29, 0.717) is 34.0 Å². The molecule has 0 unspecified atom stereocenters. The zero-order chi connectivity index (χ0) is 24.7. The Morgan fingerprint density at radius 1 is 1.18 bits per heavy atom. The van der Waals surface area contributed by atoms with Gasteiger partial charge in [0.1, 0.15) is 12.1 Å². The van der Waals surface area contributed by atoms with Crippen LogP contribution in [-0.2, 0) is 16.4 Å². The Kier molecular flexibility index (Phi) is 8.25. The van der Waals surface area contributed by atoms with Crippen LogP contribution in [0.25, 0.3) is 11.3 Å². The molecular formula is C24H25ClN4O4S. The molecule has 0 bridgehead atoms. The first-order valence-corrected chi connectivity index (χ1v) is 12.2. The average molecular weight is 501 g/mol. The topological polar surface area (TPSA) is 101 Å². The second-order valence-corrected chi connectivity index (χ2v) is 9.59. The Morgan fingerprint density at radius 2 is 1.97 bits per heavy atom. The number of nitrogens with zero attached hydrogens (tertiary/aromatic N) is 3. The predicted molar refractivity (Wildman–Crippen MR) is 133 cm³/mol. The number of halogens is 1. The van der Waals surface area contributed by atoms with Crippen molar-refractivity contribution in [1.29, 1.82) is 0 Å². The lowest BCUT2D eigenvalue weighted by Crippen LogP contribution is -2.26. The highest BCUT2D eigenvalue weighted by Gasteiger charge is 2.20. The van der Waals surface area contributed by atoms with E-state index >= 15 is 0 Å². The van der Waals surface area contributed by atoms with E-state index in [1.165, 1.54) is 19.5 Å². The summed E-state index contributed by atoms with van der Waals surface area (Å²) in [6, 6.07) is 15.2. The monoisotopic (exact) mass is 500 g/mol. The molecule has 2 aromatic carbocycles. The van der Waals surface area contributed by atoms with Crippen LogP contribution >= 0.6 is 11.6 Å². The number of amides is 1. The first kappa shape index (κ1) is 25.2. The van der Waals surface area contributed by atoms with E-state index in [-0.39, 0.29) is 17.3 Å². The van der Waals surface area contributed by atoms with E-state index in [9.17, 15) is 13.2 Å². The summed E-state index contributed by atoms with van der Waals surface area (Å²) in [7, 11) is 0.865. The summed E-state index contributed by atoms with van der Waals surface area (Å²) in [5.74, 6) is 0.0710. The van der Waals surface area contributed by atoms with Crippen molar-refractivity contribution in [2.75, 3.05) is 27.7 Å². The molecule has 34 heavy (non-hydrogen) atoms. The van der Waals surface area contributed by atoms with Crippen molar-refractivity contribution < 1.29 is 17.9 Å². The maximum Gasteiger partial charge on any atom is 0.284 e. The van der Waals surface area contributed by atoms with Crippen molar-refractivity contribution >= 4 is 33.9 Å². The van der Waals surface area contributed by atoms with Gasteiger partial charge < -0.3 is 15.0 Å². The van der Waals surface area contributed by atoms with Crippen LogP contribution in [0.5, 0.6) is 5.75 Å². The number of aromatic nitrogens is 1. The molecule has 178 valence electrons. The van der Waals surface area contributed by atoms with Crippen LogP contribution in [0.2, 0.25) is 5.02 Å². The molecule has 1 N–H and O–H groups in total. The molecule has 0 fully saturated rings. The quantitative estimate of drug-likeness (QED) is 0.355. The van der Waals surface area contributed by atoms with Crippen molar-refractivity contribution in [2.24, 2.45) is 4.40 Å². The Hall–Kier alpha value is -3.43. The van der Waals surface area contributed by atoms with E-state index in [1.54, 1.807) is 67.7 Å². The molecule has 0 aliphatic heterocycles. The second kappa shape index (κ2) is 11.1. The summed E-state index contributed by atoms with van der Waals surface area (Å²) in [5, 5.41) is 3.24. The molecule has 3 rings (SSSR count). The second-order valence-electron chi connectivity index (χ2n) is 7.56. The maximum atomic E-state index is 13.0. The molecule has 3 aromatic rings. The van der Waals surface area contributed by atoms with Gasteiger partial charge in [0, 0.05) is 37.4 Å². The van der Waals surface area contributed by atoms with Gasteiger partial charge in [-0.15, -0.1) is 4.40 Å². The van der Waals surface area contributed by atoms with Crippen LogP contribution in [0.15, 0.2) is 70.1 Å². The fourth-order valence-electron chi connectivity index (χ4n) is 3.16. The first-order valence-electron chi connectivity index (χ1n) is 10.3. The third-order valence-corrected chi connectivity index (χ3v) is 6.29. The minimum absolute atomic E-state index is 0.0460. The Labute approximate surface area is 204 Å². The lowest BCUT2D eigenvalue weighted by atomic mass is 10.1. The van der Waals surface area contributed by atoms with Crippen LogP contribution in [-0.4, -0.2) is 58.3 Å². The van der Waals surface area contributed by atoms with Crippen molar-refractivity contribution in [3.8, 4) is 17.0 Å². The summed E-state index contributed by atoms with van der Waals surface area (Å²) in [4.78, 5) is 18.5. The summed E-state index contributed by atoms with van der Waals surface area (Å²) in [5.41, 5.74) is 2.01. The lowest BCUT2D eigenvalue weighted by molar-refractivity contribution is 0.0951. The van der Waals surface area contributed by atoms with Gasteiger partial charge in [0.25, 0.3) is 15.9 Å². The standard InChI is InChI=1S/C24H25ClN4O4S/c1-29(2)16-28-34(31,32)23-14-17(7-9-19(23)21-6-4-5-12-26-21)11-13-27-24(30)20-15-18(25)8-10-22(20)33-3/h4-10,12,14-16H,11,13H2,1-3H3,(H,27,30)/b28-16-. The SMILES string of the molecule is COc1ccc(Cl)cc1C(=O)NCCc1ccc(-c2ccccn2)c(S(=O)(=O)/N=C\N(C)C)c1. The molecule has 1 heterocycles. The van der Waals surface area contributed by atoms with Gasteiger partial charge in [-0.2, -0.15) is 8.42 Å². The van der Waals surface area contributed by atoms with Crippen LogP contribution in [0, 0.1) is 0 Å². The number of carbonyl (C=O) groups is 1. The predicted octanol–water partition coefficient (Wildman–Crippen LogP) is 3.66. The largest absolute Gasteiger partial charge is 0.496 e. The number of benzene rings is 2. The smallest absolute Gasteiger partial charge is 0.284 e. The molecule has 1 amide bonds. The fourth-order valence-corrected chi connectivity index (χ4v) is 4.50. The molecule has 0 spiro atoms. The number of carbonyl (C=O) groups excluding carboxylic acids is 1. The molecule has 0 aliphatic rings. The van der Waals surface area contributed by atoms with E-state index in [4.69, 9.17) is 16.3 Å². The maximum absolute atomic E-state index is 13.0. The summed E-state index contributed by atoms with van der Waals surface area (Å²) in [6.45, 7) is 0.276. The number of hydrogen-bond donors (Lipinski definition) is 1. The highest BCUT2D eigenvalue weighted by Crippen LogP contribution is 2.28. The number of nitrogens with one attached hydrogen (secondary N) is 1. The van der Waals surface area contributed by atoms with E-state index in [0.717, 1.165) is 5.56 Å². The van der Waals surface area contributed by atoms with Crippen molar-refractivity contribution in [3.05, 3.63) is 76.9 Å². The number of ether oxygens (including phenoxy) is 1. The van der Waals surface area contributed by atoms with Gasteiger partial charge in [0.05, 0.1) is 23.3 Å². The number of pyridine rings is 1. The fraction of sp³-hybridized carbons (Fsp3) is 0.208. The van der Waals surface area contributed by atoms with Gasteiger partial charge in [-0.25, -0.2) is 0 Å². The van der Waals surface area contributed by atoms with Crippen LogP contribution < -0.4 is 10.1 Å². The lowest BCUT2D eigenvalue weighted by Gasteiger charge is -2.12. The molecule has 1 aromatic heterocycles. The van der Waals surface area contributed by atoms with Crippen LogP contribution in [0.3, 0.4) is 0 Å². The molecule has 0 saturated heterocycles. The molecular weight excluding hydrogens is 476 g/mol. The minimum Gasteiger partial charge on any atom is -0.496 e. The molecule has 0 saturated carbocycles. The average Bonchev–Trinajstić information content (AvgIpc) is 2.83. The molecule has 0 aliphatic carbocycles. The Bertz CT molecular complexity index is 1300. The molecule has 10 heteroatoms. The number of methoxy groups -OCH3 is 1. The summed E-state index contributed by atoms with van der Waals surface area (Å²) >= 11 is 6.01. The normalized spacial score (nSPS) is 11.4. The highest BCUT2D eigenvalue weighted by molar-refractivity contribution is 7.90. The van der Waals surface area contributed by atoms with Crippen molar-refractivity contribution in [1.82, 2.24) is 15.2 Å². The molecule has 0 atom stereocenters. The van der Waals surface area contributed by atoms with E-state index < -0.39 is 10.0 Å².